The predicted octanol–water partition coefficient (Wildman–Crippen LogP) is 6.78. The van der Waals surface area contributed by atoms with Crippen molar-refractivity contribution in [2.24, 2.45) is 0 Å². The van der Waals surface area contributed by atoms with E-state index in [1.165, 1.54) is 67.7 Å². The van der Waals surface area contributed by atoms with Crippen LogP contribution in [0.5, 0.6) is 0 Å². The molecule has 0 N–H and O–H groups in total. The van der Waals surface area contributed by atoms with Crippen LogP contribution in [0, 0.1) is 6.07 Å². The van der Waals surface area contributed by atoms with Crippen LogP contribution in [-0.4, -0.2) is 9.97 Å². The van der Waals surface area contributed by atoms with Crippen molar-refractivity contribution in [3.8, 4) is 11.4 Å². The molecule has 3 aromatic rings. The van der Waals surface area contributed by atoms with Crippen molar-refractivity contribution in [2.45, 2.75) is 64.7 Å². The fourth-order valence-electron chi connectivity index (χ4n) is 3.34. The maximum Gasteiger partial charge on any atom is 0.0748 e. The van der Waals surface area contributed by atoms with Crippen LogP contribution in [0.3, 0.4) is 0 Å². The zero-order valence-corrected chi connectivity index (χ0v) is 18.6. The third kappa shape index (κ3) is 6.83. The van der Waals surface area contributed by atoms with Gasteiger partial charge in [-0.3, -0.25) is 9.97 Å². The van der Waals surface area contributed by atoms with Crippen molar-refractivity contribution < 1.29 is 20.1 Å². The molecule has 0 spiro atoms. The normalized spacial score (nSPS) is 10.7. The molecule has 145 valence electrons. The summed E-state index contributed by atoms with van der Waals surface area (Å²) in [5.41, 5.74) is 2.20. The van der Waals surface area contributed by atoms with Gasteiger partial charge >= 0.3 is 0 Å². The second-order valence-electron chi connectivity index (χ2n) is 7.12. The smallest absolute Gasteiger partial charge is 0.0748 e. The van der Waals surface area contributed by atoms with E-state index < -0.39 is 0 Å². The first kappa shape index (κ1) is 21.7. The average Bonchev–Trinajstić information content (AvgIpc) is 2.70. The van der Waals surface area contributed by atoms with Gasteiger partial charge in [0.2, 0.25) is 0 Å². The fourth-order valence-corrected chi connectivity index (χ4v) is 3.34. The van der Waals surface area contributed by atoms with Crippen LogP contribution in [0.25, 0.3) is 22.2 Å². The van der Waals surface area contributed by atoms with E-state index in [1.54, 1.807) is 0 Å². The van der Waals surface area contributed by atoms with E-state index in [9.17, 15) is 0 Å². The first-order chi connectivity index (χ1) is 12.9. The Morgan fingerprint density at radius 1 is 0.815 bits per heavy atom. The van der Waals surface area contributed by atoms with Gasteiger partial charge < -0.3 is 0 Å². The Kier molecular flexibility index (Phi) is 9.66. The first-order valence-corrected chi connectivity index (χ1v) is 10.1. The molecule has 0 aliphatic heterocycles. The number of benzene rings is 2. The number of aromatic nitrogens is 2. The molecule has 0 aliphatic carbocycles. The molecule has 0 saturated heterocycles. The molecule has 1 radical (unpaired) electrons. The van der Waals surface area contributed by atoms with E-state index in [0.29, 0.717) is 0 Å². The number of rotatable bonds is 10. The summed E-state index contributed by atoms with van der Waals surface area (Å²) in [6, 6.07) is 15.8. The van der Waals surface area contributed by atoms with Crippen molar-refractivity contribution in [1.29, 1.82) is 0 Å². The molecule has 0 aliphatic rings. The van der Waals surface area contributed by atoms with Crippen LogP contribution in [-0.2, 0) is 26.5 Å². The summed E-state index contributed by atoms with van der Waals surface area (Å²) in [6.07, 6.45) is 15.8. The summed E-state index contributed by atoms with van der Waals surface area (Å²) < 4.78 is 0. The number of hydrogen-bond acceptors (Lipinski definition) is 2. The number of fused-ring (bicyclic) bond motifs is 1. The molecule has 0 fully saturated rings. The van der Waals surface area contributed by atoms with Crippen molar-refractivity contribution in [2.75, 3.05) is 0 Å². The standard InChI is InChI=1S/C24H29N2.Ir/c1-2-3-4-5-6-7-8-9-12-20-18-25-24(26-19-20)23-16-15-21-13-10-11-14-22(21)17-23;/h10-11,13-15,17-19H,2-9,12H2,1H3;/q-1;. The molecule has 1 heterocycles. The Balaban J connectivity index is 0.00000261. The van der Waals surface area contributed by atoms with Gasteiger partial charge in [-0.05, 0) is 18.4 Å². The molecule has 0 bridgehead atoms. The number of aryl methyl sites for hydroxylation is 1. The van der Waals surface area contributed by atoms with Gasteiger partial charge in [-0.1, -0.05) is 81.5 Å². The monoisotopic (exact) mass is 538 g/mol. The molecular weight excluding hydrogens is 508 g/mol. The van der Waals surface area contributed by atoms with Gasteiger partial charge in [-0.2, -0.15) is 0 Å². The number of unbranched alkanes of at least 4 members (excludes halogenated alkanes) is 7. The summed E-state index contributed by atoms with van der Waals surface area (Å²) in [6.45, 7) is 2.27. The SMILES string of the molecule is CCCCCCCCCCc1cnc(-c2[c-]cc3ccccc3c2)nc1.[Ir]. The van der Waals surface area contributed by atoms with Gasteiger partial charge in [0.15, 0.2) is 0 Å². The van der Waals surface area contributed by atoms with E-state index in [1.807, 2.05) is 24.5 Å². The second-order valence-corrected chi connectivity index (χ2v) is 7.12. The summed E-state index contributed by atoms with van der Waals surface area (Å²) in [5, 5.41) is 2.40. The van der Waals surface area contributed by atoms with Gasteiger partial charge in [-0.15, -0.1) is 29.1 Å². The third-order valence-electron chi connectivity index (χ3n) is 4.94. The van der Waals surface area contributed by atoms with E-state index >= 15 is 0 Å². The van der Waals surface area contributed by atoms with E-state index in [2.05, 4.69) is 47.2 Å². The molecule has 2 nitrogen and oxygen atoms in total. The summed E-state index contributed by atoms with van der Waals surface area (Å²) in [4.78, 5) is 9.12. The Hall–Kier alpha value is -1.57. The molecule has 0 saturated carbocycles. The molecule has 0 atom stereocenters. The van der Waals surface area contributed by atoms with Crippen molar-refractivity contribution in [3.63, 3.8) is 0 Å². The van der Waals surface area contributed by atoms with Crippen LogP contribution < -0.4 is 0 Å². The Bertz CT molecular complexity index is 799. The third-order valence-corrected chi connectivity index (χ3v) is 4.94. The maximum atomic E-state index is 4.56. The number of nitrogens with zero attached hydrogens (tertiary/aromatic N) is 2. The summed E-state index contributed by atoms with van der Waals surface area (Å²) >= 11 is 0. The van der Waals surface area contributed by atoms with Crippen LogP contribution >= 0.6 is 0 Å². The summed E-state index contributed by atoms with van der Waals surface area (Å²) in [7, 11) is 0. The minimum Gasteiger partial charge on any atom is -0.285 e. The molecule has 27 heavy (non-hydrogen) atoms. The van der Waals surface area contributed by atoms with Crippen LogP contribution in [0.4, 0.5) is 0 Å². The van der Waals surface area contributed by atoms with Gasteiger partial charge in [0.05, 0.1) is 5.82 Å². The molecule has 3 heteroatoms. The quantitative estimate of drug-likeness (QED) is 0.211. The Morgan fingerprint density at radius 2 is 1.44 bits per heavy atom. The van der Waals surface area contributed by atoms with Gasteiger partial charge in [0.1, 0.15) is 0 Å². The van der Waals surface area contributed by atoms with Crippen molar-refractivity contribution in [1.82, 2.24) is 9.97 Å². The van der Waals surface area contributed by atoms with Crippen LogP contribution in [0.2, 0.25) is 0 Å². The largest absolute Gasteiger partial charge is 0.285 e. The van der Waals surface area contributed by atoms with Gasteiger partial charge in [-0.25, -0.2) is 0 Å². The minimum atomic E-state index is 0. The molecular formula is C24H29IrN2-. The number of hydrogen-bond donors (Lipinski definition) is 0. The molecule has 0 amide bonds. The molecule has 3 rings (SSSR count). The van der Waals surface area contributed by atoms with E-state index in [4.69, 9.17) is 0 Å². The van der Waals surface area contributed by atoms with Crippen LogP contribution in [0.1, 0.15) is 63.9 Å². The molecule has 2 aromatic carbocycles. The van der Waals surface area contributed by atoms with E-state index in [0.717, 1.165) is 17.8 Å². The minimum absolute atomic E-state index is 0. The van der Waals surface area contributed by atoms with Crippen molar-refractivity contribution >= 4 is 10.8 Å². The second kappa shape index (κ2) is 12.0. The fraction of sp³-hybridized carbons (Fsp3) is 0.417. The average molecular weight is 538 g/mol. The van der Waals surface area contributed by atoms with Gasteiger partial charge in [0.25, 0.3) is 0 Å². The van der Waals surface area contributed by atoms with Crippen LogP contribution in [0.15, 0.2) is 48.8 Å². The van der Waals surface area contributed by atoms with Gasteiger partial charge in [0, 0.05) is 32.5 Å². The van der Waals surface area contributed by atoms with Crippen molar-refractivity contribution in [3.05, 3.63) is 60.4 Å². The topological polar surface area (TPSA) is 25.8 Å². The molecule has 1 aromatic heterocycles. The van der Waals surface area contributed by atoms with E-state index in [-0.39, 0.29) is 20.1 Å². The zero-order valence-electron chi connectivity index (χ0n) is 16.2. The Labute approximate surface area is 177 Å². The maximum absolute atomic E-state index is 4.56. The summed E-state index contributed by atoms with van der Waals surface area (Å²) in [5.74, 6) is 0.760. The zero-order chi connectivity index (χ0) is 18.0. The Morgan fingerprint density at radius 3 is 2.15 bits per heavy atom. The first-order valence-electron chi connectivity index (χ1n) is 10.1. The predicted molar refractivity (Wildman–Crippen MR) is 110 cm³/mol. The molecule has 0 unspecified atom stereocenters.